The maximum atomic E-state index is 12.5. The molecule has 0 saturated carbocycles. The third-order valence-electron chi connectivity index (χ3n) is 4.39. The highest BCUT2D eigenvalue weighted by atomic mass is 16.5. The lowest BCUT2D eigenvalue weighted by atomic mass is 10.1. The second kappa shape index (κ2) is 10.0. The SMILES string of the molecule is CN(CCOCCOCCO)c1ccccc1-c1cc(=O)c2ccccc2o1. The van der Waals surface area contributed by atoms with Gasteiger partial charge in [0.2, 0.25) is 0 Å². The van der Waals surface area contributed by atoms with Crippen molar-refractivity contribution in [1.29, 1.82) is 0 Å². The standard InChI is InChI=1S/C22H25NO5/c1-23(10-12-26-14-15-27-13-11-24)19-8-4-2-6-17(19)22-16-20(25)18-7-3-5-9-21(18)28-22/h2-9,16,24H,10-15H2,1H3. The largest absolute Gasteiger partial charge is 0.456 e. The predicted molar refractivity (Wildman–Crippen MR) is 110 cm³/mol. The van der Waals surface area contributed by atoms with Crippen LogP contribution < -0.4 is 10.3 Å². The van der Waals surface area contributed by atoms with Crippen molar-refractivity contribution in [3.05, 3.63) is 64.8 Å². The van der Waals surface area contributed by atoms with Gasteiger partial charge >= 0.3 is 0 Å². The van der Waals surface area contributed by atoms with Gasteiger partial charge in [-0.15, -0.1) is 0 Å². The summed E-state index contributed by atoms with van der Waals surface area (Å²) in [4.78, 5) is 14.5. The maximum absolute atomic E-state index is 12.5. The molecular weight excluding hydrogens is 358 g/mol. The molecule has 2 aromatic carbocycles. The van der Waals surface area contributed by atoms with E-state index in [9.17, 15) is 4.79 Å². The highest BCUT2D eigenvalue weighted by Crippen LogP contribution is 2.30. The summed E-state index contributed by atoms with van der Waals surface area (Å²) in [6, 6.07) is 16.6. The molecule has 0 radical (unpaired) electrons. The van der Waals surface area contributed by atoms with Crippen LogP contribution in [0.4, 0.5) is 5.69 Å². The van der Waals surface area contributed by atoms with Gasteiger partial charge in [-0.3, -0.25) is 4.79 Å². The molecule has 148 valence electrons. The summed E-state index contributed by atoms with van der Waals surface area (Å²) in [5, 5.41) is 9.24. The van der Waals surface area contributed by atoms with Crippen LogP contribution >= 0.6 is 0 Å². The lowest BCUT2D eigenvalue weighted by molar-refractivity contribution is 0.0353. The predicted octanol–water partition coefficient (Wildman–Crippen LogP) is 2.92. The second-order valence-electron chi connectivity index (χ2n) is 6.36. The fourth-order valence-electron chi connectivity index (χ4n) is 2.96. The van der Waals surface area contributed by atoms with Crippen molar-refractivity contribution in [1.82, 2.24) is 0 Å². The summed E-state index contributed by atoms with van der Waals surface area (Å²) in [5.74, 6) is 0.546. The van der Waals surface area contributed by atoms with Crippen LogP contribution in [0.3, 0.4) is 0 Å². The molecule has 0 fully saturated rings. The molecule has 0 atom stereocenters. The Hall–Kier alpha value is -2.67. The molecule has 0 bridgehead atoms. The number of likely N-dealkylation sites (N-methyl/N-ethyl adjacent to an activating group) is 1. The van der Waals surface area contributed by atoms with Crippen molar-refractivity contribution in [3.63, 3.8) is 0 Å². The van der Waals surface area contributed by atoms with Crippen molar-refractivity contribution in [3.8, 4) is 11.3 Å². The lowest BCUT2D eigenvalue weighted by Crippen LogP contribution is -2.24. The Balaban J connectivity index is 1.72. The Morgan fingerprint density at radius 2 is 1.68 bits per heavy atom. The number of benzene rings is 2. The van der Waals surface area contributed by atoms with Crippen LogP contribution in [-0.2, 0) is 9.47 Å². The number of ether oxygens (including phenoxy) is 2. The zero-order valence-corrected chi connectivity index (χ0v) is 16.0. The monoisotopic (exact) mass is 383 g/mol. The highest BCUT2D eigenvalue weighted by molar-refractivity contribution is 5.81. The molecule has 0 amide bonds. The first kappa shape index (κ1) is 20.1. The quantitative estimate of drug-likeness (QED) is 0.543. The van der Waals surface area contributed by atoms with Gasteiger partial charge in [0.1, 0.15) is 11.3 Å². The molecule has 1 aromatic heterocycles. The molecule has 6 heteroatoms. The number of hydrogen-bond donors (Lipinski definition) is 1. The first-order valence-electron chi connectivity index (χ1n) is 9.30. The normalized spacial score (nSPS) is 11.1. The Morgan fingerprint density at radius 3 is 2.50 bits per heavy atom. The number of nitrogens with zero attached hydrogens (tertiary/aromatic N) is 1. The van der Waals surface area contributed by atoms with Crippen LogP contribution in [-0.4, -0.2) is 51.7 Å². The first-order valence-corrected chi connectivity index (χ1v) is 9.30. The van der Waals surface area contributed by atoms with Crippen LogP contribution in [0.1, 0.15) is 0 Å². The van der Waals surface area contributed by atoms with Crippen LogP contribution in [0.25, 0.3) is 22.3 Å². The maximum Gasteiger partial charge on any atom is 0.193 e. The van der Waals surface area contributed by atoms with Gasteiger partial charge in [0.05, 0.1) is 38.4 Å². The average molecular weight is 383 g/mol. The zero-order chi connectivity index (χ0) is 19.8. The van der Waals surface area contributed by atoms with Crippen LogP contribution in [0.15, 0.2) is 63.8 Å². The minimum Gasteiger partial charge on any atom is -0.456 e. The molecular formula is C22H25NO5. The summed E-state index contributed by atoms with van der Waals surface area (Å²) in [6.07, 6.45) is 0. The van der Waals surface area contributed by atoms with E-state index in [4.69, 9.17) is 19.0 Å². The molecule has 1 heterocycles. The van der Waals surface area contributed by atoms with Gasteiger partial charge < -0.3 is 23.9 Å². The Kier molecular flexibility index (Phi) is 7.19. The lowest BCUT2D eigenvalue weighted by Gasteiger charge is -2.22. The van der Waals surface area contributed by atoms with Crippen molar-refractivity contribution >= 4 is 16.7 Å². The van der Waals surface area contributed by atoms with E-state index in [0.717, 1.165) is 11.3 Å². The summed E-state index contributed by atoms with van der Waals surface area (Å²) in [7, 11) is 1.98. The van der Waals surface area contributed by atoms with Crippen molar-refractivity contribution in [2.24, 2.45) is 0 Å². The van der Waals surface area contributed by atoms with Crippen LogP contribution in [0.2, 0.25) is 0 Å². The smallest absolute Gasteiger partial charge is 0.193 e. The fraction of sp³-hybridized carbons (Fsp3) is 0.318. The first-order chi connectivity index (χ1) is 13.7. The van der Waals surface area contributed by atoms with Gasteiger partial charge in [0.15, 0.2) is 5.43 Å². The number of aliphatic hydroxyl groups excluding tert-OH is 1. The van der Waals surface area contributed by atoms with Crippen LogP contribution in [0.5, 0.6) is 0 Å². The van der Waals surface area contributed by atoms with E-state index < -0.39 is 0 Å². The van der Waals surface area contributed by atoms with E-state index in [2.05, 4.69) is 4.90 Å². The molecule has 0 aliphatic rings. The number of anilines is 1. The number of hydrogen-bond acceptors (Lipinski definition) is 6. The van der Waals surface area contributed by atoms with E-state index in [1.807, 2.05) is 43.4 Å². The third kappa shape index (κ3) is 4.98. The molecule has 0 spiro atoms. The van der Waals surface area contributed by atoms with Gasteiger partial charge in [-0.25, -0.2) is 0 Å². The average Bonchev–Trinajstić information content (AvgIpc) is 2.73. The zero-order valence-electron chi connectivity index (χ0n) is 16.0. The van der Waals surface area contributed by atoms with Crippen molar-refractivity contribution in [2.45, 2.75) is 0 Å². The topological polar surface area (TPSA) is 72.1 Å². The minimum atomic E-state index is -0.0551. The Morgan fingerprint density at radius 1 is 0.964 bits per heavy atom. The fourth-order valence-corrected chi connectivity index (χ4v) is 2.96. The number of fused-ring (bicyclic) bond motifs is 1. The molecule has 6 nitrogen and oxygen atoms in total. The summed E-state index contributed by atoms with van der Waals surface area (Å²) >= 11 is 0. The van der Waals surface area contributed by atoms with E-state index in [0.29, 0.717) is 49.7 Å². The summed E-state index contributed by atoms with van der Waals surface area (Å²) in [5.41, 5.74) is 2.34. The van der Waals surface area contributed by atoms with Gasteiger partial charge in [-0.2, -0.15) is 0 Å². The number of rotatable bonds is 10. The minimum absolute atomic E-state index is 0.0183. The van der Waals surface area contributed by atoms with Gasteiger partial charge in [-0.1, -0.05) is 24.3 Å². The number of para-hydroxylation sites is 2. The molecule has 3 rings (SSSR count). The molecule has 0 aliphatic carbocycles. The highest BCUT2D eigenvalue weighted by Gasteiger charge is 2.13. The van der Waals surface area contributed by atoms with Gasteiger partial charge in [-0.05, 0) is 24.3 Å². The Labute approximate surface area is 163 Å². The van der Waals surface area contributed by atoms with E-state index >= 15 is 0 Å². The molecule has 1 N–H and O–H groups in total. The molecule has 28 heavy (non-hydrogen) atoms. The van der Waals surface area contributed by atoms with Gasteiger partial charge in [0.25, 0.3) is 0 Å². The van der Waals surface area contributed by atoms with E-state index in [1.54, 1.807) is 18.2 Å². The van der Waals surface area contributed by atoms with Gasteiger partial charge in [0, 0.05) is 30.9 Å². The Bertz CT molecular complexity index is 953. The summed E-state index contributed by atoms with van der Waals surface area (Å²) in [6.45, 7) is 2.50. The van der Waals surface area contributed by atoms with Crippen LogP contribution in [0, 0.1) is 0 Å². The second-order valence-corrected chi connectivity index (χ2v) is 6.36. The van der Waals surface area contributed by atoms with E-state index in [1.165, 1.54) is 0 Å². The molecule has 0 saturated heterocycles. The molecule has 0 aliphatic heterocycles. The van der Waals surface area contributed by atoms with Crippen molar-refractivity contribution in [2.75, 3.05) is 51.5 Å². The molecule has 0 unspecified atom stereocenters. The number of aliphatic hydroxyl groups is 1. The van der Waals surface area contributed by atoms with E-state index in [-0.39, 0.29) is 12.0 Å². The van der Waals surface area contributed by atoms with Crippen molar-refractivity contribution < 1.29 is 19.0 Å². The summed E-state index contributed by atoms with van der Waals surface area (Å²) < 4.78 is 16.7. The molecule has 3 aromatic rings. The third-order valence-corrected chi connectivity index (χ3v) is 4.39.